The van der Waals surface area contributed by atoms with E-state index in [1.807, 2.05) is 0 Å². The number of carbonyl (C=O) groups is 2. The van der Waals surface area contributed by atoms with Crippen LogP contribution in [0.25, 0.3) is 5.65 Å². The molecule has 2 N–H and O–H groups in total. The molecule has 1 aliphatic carbocycles. The number of benzene rings is 1. The zero-order valence-corrected chi connectivity index (χ0v) is 24.9. The molecule has 2 atom stereocenters. The van der Waals surface area contributed by atoms with Crippen LogP contribution in [0.1, 0.15) is 72.3 Å². The molecular weight excluding hydrogens is 543 g/mol. The number of amides is 2. The number of piperidine rings is 1. The predicted molar refractivity (Wildman–Crippen MR) is 156 cm³/mol. The zero-order chi connectivity index (χ0) is 30.4. The molecule has 5 rings (SSSR count). The molecule has 2 fully saturated rings. The maximum absolute atomic E-state index is 14.4. The third-order valence-electron chi connectivity index (χ3n) is 6.93. The summed E-state index contributed by atoms with van der Waals surface area (Å²) in [6.07, 6.45) is 2.15. The predicted octanol–water partition coefficient (Wildman–Crippen LogP) is 5.60. The average Bonchev–Trinajstić information content (AvgIpc) is 3.62. The fraction of sp³-hybridized carbons (Fsp3) is 0.533. The highest BCUT2D eigenvalue weighted by Crippen LogP contribution is 2.43. The molecule has 2 amide bonds. The number of likely N-dealkylation sites (tertiary alicyclic amines) is 1. The largest absolute Gasteiger partial charge is 0.444 e. The third-order valence-corrected chi connectivity index (χ3v) is 6.93. The fourth-order valence-corrected chi connectivity index (χ4v) is 4.90. The van der Waals surface area contributed by atoms with Crippen LogP contribution in [-0.2, 0) is 9.47 Å². The number of fused-ring (bicyclic) bond motifs is 1. The monoisotopic (exact) mass is 582 g/mol. The quantitative estimate of drug-likeness (QED) is 0.399. The Morgan fingerprint density at radius 3 is 2.43 bits per heavy atom. The first-order valence-electron chi connectivity index (χ1n) is 14.3. The van der Waals surface area contributed by atoms with Crippen LogP contribution in [0, 0.1) is 5.82 Å². The van der Waals surface area contributed by atoms with Crippen molar-refractivity contribution in [1.29, 1.82) is 0 Å². The molecule has 2 unspecified atom stereocenters. The van der Waals surface area contributed by atoms with Gasteiger partial charge in [0, 0.05) is 24.7 Å². The van der Waals surface area contributed by atoms with E-state index in [0.717, 1.165) is 18.4 Å². The smallest absolute Gasteiger partial charge is 0.420 e. The van der Waals surface area contributed by atoms with Crippen molar-refractivity contribution in [2.24, 2.45) is 0 Å². The van der Waals surface area contributed by atoms with E-state index in [-0.39, 0.29) is 18.1 Å². The second kappa shape index (κ2) is 11.0. The minimum absolute atomic E-state index is 0.187. The van der Waals surface area contributed by atoms with E-state index in [0.29, 0.717) is 30.3 Å². The van der Waals surface area contributed by atoms with Crippen molar-refractivity contribution in [2.75, 3.05) is 23.3 Å². The molecule has 1 saturated heterocycles. The lowest BCUT2D eigenvalue weighted by Crippen LogP contribution is -2.53. The molecule has 11 nitrogen and oxygen atoms in total. The first kappa shape index (κ1) is 29.6. The number of nitrogens with zero attached hydrogens (tertiary/aromatic N) is 5. The number of ether oxygens (including phenoxy) is 2. The zero-order valence-electron chi connectivity index (χ0n) is 24.9. The number of aliphatic hydroxyl groups is 1. The summed E-state index contributed by atoms with van der Waals surface area (Å²) < 4.78 is 27.3. The van der Waals surface area contributed by atoms with E-state index in [1.54, 1.807) is 69.3 Å². The Morgan fingerprint density at radius 2 is 1.79 bits per heavy atom. The number of carbonyl (C=O) groups excluding carboxylic acids is 2. The van der Waals surface area contributed by atoms with Crippen LogP contribution in [-0.4, -0.2) is 73.2 Å². The summed E-state index contributed by atoms with van der Waals surface area (Å²) >= 11 is 0. The van der Waals surface area contributed by atoms with Gasteiger partial charge in [-0.25, -0.2) is 23.9 Å². The number of aliphatic hydroxyl groups excluding tert-OH is 1. The van der Waals surface area contributed by atoms with Gasteiger partial charge in [0.15, 0.2) is 5.65 Å². The molecule has 226 valence electrons. The highest BCUT2D eigenvalue weighted by atomic mass is 19.1. The normalized spacial score (nSPS) is 19.5. The molecule has 0 radical (unpaired) electrons. The minimum atomic E-state index is -0.823. The Labute approximate surface area is 244 Å². The molecule has 1 aromatic carbocycles. The summed E-state index contributed by atoms with van der Waals surface area (Å²) in [6.45, 7) is 11.2. The summed E-state index contributed by atoms with van der Waals surface area (Å²) in [4.78, 5) is 34.1. The van der Waals surface area contributed by atoms with E-state index in [9.17, 15) is 19.1 Å². The minimum Gasteiger partial charge on any atom is -0.444 e. The number of rotatable bonds is 5. The van der Waals surface area contributed by atoms with E-state index >= 15 is 0 Å². The Kier molecular flexibility index (Phi) is 7.78. The number of aromatic nitrogens is 3. The second-order valence-corrected chi connectivity index (χ2v) is 12.9. The van der Waals surface area contributed by atoms with Gasteiger partial charge in [-0.15, -0.1) is 0 Å². The molecule has 0 spiro atoms. The Balaban J connectivity index is 1.56. The lowest BCUT2D eigenvalue weighted by molar-refractivity contribution is 0.00688. The van der Waals surface area contributed by atoms with Crippen molar-refractivity contribution >= 4 is 35.2 Å². The van der Waals surface area contributed by atoms with Crippen molar-refractivity contribution in [3.8, 4) is 0 Å². The van der Waals surface area contributed by atoms with Crippen LogP contribution in [0.15, 0.2) is 36.5 Å². The summed E-state index contributed by atoms with van der Waals surface area (Å²) in [5.41, 5.74) is 0.247. The van der Waals surface area contributed by atoms with Gasteiger partial charge in [0.1, 0.15) is 28.7 Å². The van der Waals surface area contributed by atoms with E-state index < -0.39 is 41.4 Å². The van der Waals surface area contributed by atoms with Crippen LogP contribution >= 0.6 is 0 Å². The second-order valence-electron chi connectivity index (χ2n) is 12.9. The number of hydrogen-bond acceptors (Lipinski definition) is 8. The van der Waals surface area contributed by atoms with Gasteiger partial charge in [-0.1, -0.05) is 6.07 Å². The van der Waals surface area contributed by atoms with Crippen LogP contribution < -0.4 is 10.2 Å². The molecule has 42 heavy (non-hydrogen) atoms. The Morgan fingerprint density at radius 1 is 1.07 bits per heavy atom. The Bertz CT molecular complexity index is 1480. The first-order valence-corrected chi connectivity index (χ1v) is 14.3. The maximum Gasteiger partial charge on any atom is 0.420 e. The van der Waals surface area contributed by atoms with Crippen molar-refractivity contribution < 1.29 is 28.6 Å². The Hall–Kier alpha value is -3.93. The SMILES string of the molecule is CC(C)(C)OC(=O)N1CCC(O)C(Nc2cc(N(C(=O)OC(C)(C)C)c3cccc(F)c3)n3ncc(C4CC4)c3n2)C1. The first-order chi connectivity index (χ1) is 19.7. The van der Waals surface area contributed by atoms with Gasteiger partial charge < -0.3 is 24.8 Å². The van der Waals surface area contributed by atoms with E-state index in [2.05, 4.69) is 10.4 Å². The van der Waals surface area contributed by atoms with Gasteiger partial charge in [0.25, 0.3) is 0 Å². The van der Waals surface area contributed by atoms with Crippen molar-refractivity contribution in [2.45, 2.75) is 90.1 Å². The van der Waals surface area contributed by atoms with E-state index in [4.69, 9.17) is 14.5 Å². The average molecular weight is 583 g/mol. The van der Waals surface area contributed by atoms with Gasteiger partial charge >= 0.3 is 12.2 Å². The van der Waals surface area contributed by atoms with E-state index in [1.165, 1.54) is 23.1 Å². The van der Waals surface area contributed by atoms with Gasteiger partial charge in [-0.3, -0.25) is 0 Å². The number of anilines is 3. The highest BCUT2D eigenvalue weighted by molar-refractivity contribution is 5.96. The van der Waals surface area contributed by atoms with Gasteiger partial charge in [0.05, 0.1) is 24.0 Å². The van der Waals surface area contributed by atoms with Crippen molar-refractivity contribution in [1.82, 2.24) is 19.5 Å². The molecule has 12 heteroatoms. The molecule has 2 aliphatic rings. The summed E-state index contributed by atoms with van der Waals surface area (Å²) in [5, 5.41) is 18.7. The van der Waals surface area contributed by atoms with Gasteiger partial charge in [0.2, 0.25) is 0 Å². The molecule has 1 aliphatic heterocycles. The standard InChI is InChI=1S/C30H39FN6O5/c1-29(2,3)41-27(39)35-13-12-23(38)22(17-35)33-24-15-25(37-26(34-24)21(16-32-37)18-10-11-18)36(28(40)42-30(4,5)6)20-9-7-8-19(31)14-20/h7-9,14-16,18,22-23,38H,10-13,17H2,1-6H3,(H,33,34). The highest BCUT2D eigenvalue weighted by Gasteiger charge is 2.35. The summed E-state index contributed by atoms with van der Waals surface area (Å²) in [5.74, 6) is 0.421. The van der Waals surface area contributed by atoms with Crippen LogP contribution in [0.5, 0.6) is 0 Å². The fourth-order valence-electron chi connectivity index (χ4n) is 4.90. The summed E-state index contributed by atoms with van der Waals surface area (Å²) in [7, 11) is 0. The molecule has 1 saturated carbocycles. The van der Waals surface area contributed by atoms with Gasteiger partial charge in [-0.2, -0.15) is 9.61 Å². The van der Waals surface area contributed by atoms with Crippen LogP contribution in [0.2, 0.25) is 0 Å². The van der Waals surface area contributed by atoms with Crippen molar-refractivity contribution in [3.05, 3.63) is 47.9 Å². The molecule has 3 aromatic rings. The lowest BCUT2D eigenvalue weighted by Gasteiger charge is -2.37. The topological polar surface area (TPSA) is 122 Å². The number of nitrogens with one attached hydrogen (secondary N) is 1. The van der Waals surface area contributed by atoms with Crippen LogP contribution in [0.4, 0.5) is 31.3 Å². The number of halogens is 1. The van der Waals surface area contributed by atoms with Gasteiger partial charge in [-0.05, 0) is 84.9 Å². The summed E-state index contributed by atoms with van der Waals surface area (Å²) in [6, 6.07) is 6.73. The maximum atomic E-state index is 14.4. The lowest BCUT2D eigenvalue weighted by atomic mass is 10.0. The molecule has 3 heterocycles. The molecular formula is C30H39FN6O5. The van der Waals surface area contributed by atoms with Crippen LogP contribution in [0.3, 0.4) is 0 Å². The van der Waals surface area contributed by atoms with Crippen molar-refractivity contribution in [3.63, 3.8) is 0 Å². The molecule has 2 aromatic heterocycles. The third kappa shape index (κ3) is 6.75. The molecule has 0 bridgehead atoms. The number of hydrogen-bond donors (Lipinski definition) is 2.